The van der Waals surface area contributed by atoms with Crippen LogP contribution in [-0.2, 0) is 4.79 Å². The van der Waals surface area contributed by atoms with Crippen molar-refractivity contribution in [1.82, 2.24) is 15.8 Å². The van der Waals surface area contributed by atoms with Crippen molar-refractivity contribution in [2.45, 2.75) is 32.0 Å². The van der Waals surface area contributed by atoms with Crippen LogP contribution in [0.2, 0.25) is 0 Å². The Balaban J connectivity index is 1.93. The zero-order valence-electron chi connectivity index (χ0n) is 12.1. The van der Waals surface area contributed by atoms with Crippen LogP contribution in [0.25, 0.3) is 0 Å². The quantitative estimate of drug-likeness (QED) is 0.884. The topological polar surface area (TPSA) is 68.2 Å². The fraction of sp³-hybridized carbons (Fsp3) is 0.500. The van der Waals surface area contributed by atoms with E-state index in [-0.39, 0.29) is 30.0 Å². The third-order valence-corrected chi connectivity index (χ3v) is 4.37. The monoisotopic (exact) mass is 284 g/mol. The van der Waals surface area contributed by atoms with Crippen LogP contribution in [0.3, 0.4) is 0 Å². The molecule has 2 fully saturated rings. The van der Waals surface area contributed by atoms with Gasteiger partial charge in [-0.15, -0.1) is 0 Å². The lowest BCUT2D eigenvalue weighted by atomic mass is 9.85. The first-order valence-electron chi connectivity index (χ1n) is 7.53. The highest BCUT2D eigenvalue weighted by Crippen LogP contribution is 2.35. The van der Waals surface area contributed by atoms with Gasteiger partial charge < -0.3 is 0 Å². The second kappa shape index (κ2) is 5.84. The van der Waals surface area contributed by atoms with Crippen molar-refractivity contribution in [3.63, 3.8) is 0 Å². The number of benzene rings is 1. The molecule has 1 aromatic rings. The van der Waals surface area contributed by atoms with Crippen molar-refractivity contribution in [3.8, 4) is 6.07 Å². The van der Waals surface area contributed by atoms with Crippen LogP contribution in [0.1, 0.15) is 31.4 Å². The van der Waals surface area contributed by atoms with Gasteiger partial charge in [0.2, 0.25) is 5.91 Å². The van der Waals surface area contributed by atoms with Gasteiger partial charge in [0.25, 0.3) is 0 Å². The average molecular weight is 284 g/mol. The molecule has 110 valence electrons. The van der Waals surface area contributed by atoms with Crippen LogP contribution < -0.4 is 10.7 Å². The van der Waals surface area contributed by atoms with Crippen LogP contribution in [0.15, 0.2) is 30.3 Å². The van der Waals surface area contributed by atoms with Gasteiger partial charge in [0.15, 0.2) is 0 Å². The third-order valence-electron chi connectivity index (χ3n) is 4.37. The van der Waals surface area contributed by atoms with Gasteiger partial charge in [0.05, 0.1) is 17.9 Å². The van der Waals surface area contributed by atoms with Crippen LogP contribution in [0, 0.1) is 23.2 Å². The number of fused-ring (bicyclic) bond motifs is 1. The van der Waals surface area contributed by atoms with Gasteiger partial charge in [-0.05, 0) is 12.0 Å². The molecule has 3 rings (SSSR count). The number of carbonyl (C=O) groups excluding carboxylic acids is 1. The summed E-state index contributed by atoms with van der Waals surface area (Å²) in [5.74, 6) is -0.187. The number of hydrazine groups is 1. The summed E-state index contributed by atoms with van der Waals surface area (Å²) in [4.78, 5) is 12.8. The van der Waals surface area contributed by atoms with Crippen molar-refractivity contribution < 1.29 is 4.79 Å². The van der Waals surface area contributed by atoms with E-state index in [9.17, 15) is 10.1 Å². The Labute approximate surface area is 124 Å². The van der Waals surface area contributed by atoms with Gasteiger partial charge in [-0.25, -0.2) is 5.43 Å². The zero-order valence-corrected chi connectivity index (χ0v) is 12.1. The van der Waals surface area contributed by atoms with E-state index in [1.54, 1.807) is 5.01 Å². The third kappa shape index (κ3) is 2.41. The van der Waals surface area contributed by atoms with Crippen molar-refractivity contribution in [3.05, 3.63) is 35.9 Å². The summed E-state index contributed by atoms with van der Waals surface area (Å²) in [5.41, 5.74) is 4.19. The number of rotatable bonds is 3. The molecule has 1 amide bonds. The van der Waals surface area contributed by atoms with E-state index in [0.717, 1.165) is 18.4 Å². The van der Waals surface area contributed by atoms with Gasteiger partial charge >= 0.3 is 0 Å². The first-order chi connectivity index (χ1) is 10.3. The second-order valence-corrected chi connectivity index (χ2v) is 5.70. The maximum Gasteiger partial charge on any atom is 0.243 e. The fourth-order valence-electron chi connectivity index (χ4n) is 3.32. The highest BCUT2D eigenvalue weighted by molar-refractivity contribution is 5.81. The molecule has 21 heavy (non-hydrogen) atoms. The van der Waals surface area contributed by atoms with E-state index in [1.165, 1.54) is 0 Å². The number of amides is 1. The van der Waals surface area contributed by atoms with Gasteiger partial charge in [0.1, 0.15) is 6.17 Å². The predicted molar refractivity (Wildman–Crippen MR) is 78.5 cm³/mol. The molecule has 5 nitrogen and oxygen atoms in total. The summed E-state index contributed by atoms with van der Waals surface area (Å²) in [7, 11) is 0. The predicted octanol–water partition coefficient (Wildman–Crippen LogP) is 1.56. The van der Waals surface area contributed by atoms with E-state index in [4.69, 9.17) is 0 Å². The van der Waals surface area contributed by atoms with Gasteiger partial charge in [-0.3, -0.25) is 15.1 Å². The number of nitrogens with zero attached hydrogens (tertiary/aromatic N) is 2. The molecular weight excluding hydrogens is 264 g/mol. The molecule has 2 aliphatic heterocycles. The van der Waals surface area contributed by atoms with Crippen LogP contribution in [0.5, 0.6) is 0 Å². The van der Waals surface area contributed by atoms with Crippen LogP contribution >= 0.6 is 0 Å². The molecular formula is C16H20N4O. The molecule has 2 N–H and O–H groups in total. The van der Waals surface area contributed by atoms with Crippen molar-refractivity contribution >= 4 is 5.91 Å². The largest absolute Gasteiger partial charge is 0.287 e. The lowest BCUT2D eigenvalue weighted by Gasteiger charge is -2.41. The summed E-state index contributed by atoms with van der Waals surface area (Å²) in [6.07, 6.45) is 1.57. The van der Waals surface area contributed by atoms with Gasteiger partial charge in [0, 0.05) is 12.6 Å². The SMILES string of the molecule is CCCC1C(=O)N2NCC(C#N)C2NC1c1ccccc1. The molecule has 0 spiro atoms. The zero-order chi connectivity index (χ0) is 14.8. The minimum atomic E-state index is -0.235. The summed E-state index contributed by atoms with van der Waals surface area (Å²) >= 11 is 0. The number of hydrogen-bond acceptors (Lipinski definition) is 4. The Morgan fingerprint density at radius 2 is 2.14 bits per heavy atom. The first-order valence-corrected chi connectivity index (χ1v) is 7.53. The Morgan fingerprint density at radius 3 is 2.81 bits per heavy atom. The van der Waals surface area contributed by atoms with E-state index in [1.807, 2.05) is 30.3 Å². The molecule has 0 aromatic heterocycles. The molecule has 2 saturated heterocycles. The maximum absolute atomic E-state index is 12.8. The second-order valence-electron chi connectivity index (χ2n) is 5.70. The van der Waals surface area contributed by atoms with E-state index in [2.05, 4.69) is 23.7 Å². The molecule has 0 radical (unpaired) electrons. The van der Waals surface area contributed by atoms with Crippen molar-refractivity contribution in [2.24, 2.45) is 11.8 Å². The van der Waals surface area contributed by atoms with E-state index in [0.29, 0.717) is 6.54 Å². The van der Waals surface area contributed by atoms with E-state index < -0.39 is 0 Å². The molecule has 5 heteroatoms. The van der Waals surface area contributed by atoms with Gasteiger partial charge in [-0.1, -0.05) is 43.7 Å². The Hall–Kier alpha value is -1.90. The molecule has 4 unspecified atom stereocenters. The summed E-state index contributed by atoms with van der Waals surface area (Å²) in [5, 5.41) is 14.4. The van der Waals surface area contributed by atoms with Crippen LogP contribution in [0.4, 0.5) is 0 Å². The van der Waals surface area contributed by atoms with Crippen LogP contribution in [-0.4, -0.2) is 23.6 Å². The fourth-order valence-corrected chi connectivity index (χ4v) is 3.32. The molecule has 2 aliphatic rings. The molecule has 0 aliphatic carbocycles. The smallest absolute Gasteiger partial charge is 0.243 e. The molecule has 0 bridgehead atoms. The maximum atomic E-state index is 12.8. The van der Waals surface area contributed by atoms with Crippen molar-refractivity contribution in [2.75, 3.05) is 6.54 Å². The molecule has 4 atom stereocenters. The number of carbonyl (C=O) groups is 1. The summed E-state index contributed by atoms with van der Waals surface area (Å²) in [6.45, 7) is 2.62. The average Bonchev–Trinajstić information content (AvgIpc) is 2.94. The van der Waals surface area contributed by atoms with Crippen molar-refractivity contribution in [1.29, 1.82) is 5.26 Å². The van der Waals surface area contributed by atoms with E-state index >= 15 is 0 Å². The minimum absolute atomic E-state index is 0.0179. The Kier molecular flexibility index (Phi) is 3.91. The lowest BCUT2D eigenvalue weighted by Crippen LogP contribution is -2.60. The highest BCUT2D eigenvalue weighted by atomic mass is 16.2. The standard InChI is InChI=1S/C16H20N4O/c1-2-6-13-14(11-7-4-3-5-8-11)19-15-12(9-17)10-18-20(15)16(13)21/h3-5,7-8,12-15,18-19H,2,6,10H2,1H3. The lowest BCUT2D eigenvalue weighted by molar-refractivity contribution is -0.147. The number of hydrogen-bond donors (Lipinski definition) is 2. The number of nitrogens with one attached hydrogen (secondary N) is 2. The molecule has 2 heterocycles. The Morgan fingerprint density at radius 1 is 1.38 bits per heavy atom. The Bertz CT molecular complexity index is 553. The summed E-state index contributed by atoms with van der Waals surface area (Å²) in [6, 6.07) is 12.3. The first kappa shape index (κ1) is 14.1. The molecule has 0 saturated carbocycles. The summed E-state index contributed by atoms with van der Waals surface area (Å²) < 4.78 is 0. The highest BCUT2D eigenvalue weighted by Gasteiger charge is 2.47. The normalized spacial score (nSPS) is 31.8. The van der Waals surface area contributed by atoms with Gasteiger partial charge in [-0.2, -0.15) is 5.26 Å². The molecule has 1 aromatic carbocycles. The number of nitriles is 1. The minimum Gasteiger partial charge on any atom is -0.287 e.